The number of benzene rings is 2. The van der Waals surface area contributed by atoms with Gasteiger partial charge < -0.3 is 9.47 Å². The predicted molar refractivity (Wildman–Crippen MR) is 76.6 cm³/mol. The summed E-state index contributed by atoms with van der Waals surface area (Å²) in [5.74, 6) is -11.6. The van der Waals surface area contributed by atoms with Crippen LogP contribution in [-0.2, 0) is 10.0 Å². The molecule has 0 heterocycles. The number of hydrogen-bond donors (Lipinski definition) is 1. The standard InChI is InChI=1S/C14H10F5NO4S/c1-23-6-3-4-8(7(5-6)24-2)25(21,22)20-14-12(18)10(16)9(15)11(17)13(14)19/h3-5,20H,1-2H3. The first-order chi connectivity index (χ1) is 11.6. The van der Waals surface area contributed by atoms with Gasteiger partial charge in [0.05, 0.1) is 14.2 Å². The monoisotopic (exact) mass is 383 g/mol. The summed E-state index contributed by atoms with van der Waals surface area (Å²) in [6.07, 6.45) is 0. The van der Waals surface area contributed by atoms with Crippen molar-refractivity contribution in [2.75, 3.05) is 18.9 Å². The van der Waals surface area contributed by atoms with Gasteiger partial charge in [-0.1, -0.05) is 0 Å². The first-order valence-electron chi connectivity index (χ1n) is 6.40. The predicted octanol–water partition coefficient (Wildman–Crippen LogP) is 3.20. The third kappa shape index (κ3) is 3.31. The van der Waals surface area contributed by atoms with Crippen LogP contribution in [0.3, 0.4) is 0 Å². The zero-order chi connectivity index (χ0) is 18.9. The molecule has 0 aliphatic rings. The summed E-state index contributed by atoms with van der Waals surface area (Å²) in [6.45, 7) is 0. The highest BCUT2D eigenvalue weighted by atomic mass is 32.2. The molecule has 0 amide bonds. The molecule has 0 aromatic heterocycles. The highest BCUT2D eigenvalue weighted by molar-refractivity contribution is 7.92. The van der Waals surface area contributed by atoms with E-state index in [1.54, 1.807) is 0 Å². The molecule has 5 nitrogen and oxygen atoms in total. The first kappa shape index (κ1) is 18.8. The summed E-state index contributed by atoms with van der Waals surface area (Å²) in [5.41, 5.74) is -1.70. The van der Waals surface area contributed by atoms with E-state index in [2.05, 4.69) is 0 Å². The Hall–Kier alpha value is -2.56. The fraction of sp³-hybridized carbons (Fsp3) is 0.143. The molecule has 25 heavy (non-hydrogen) atoms. The SMILES string of the molecule is COc1ccc(S(=O)(=O)Nc2c(F)c(F)c(F)c(F)c2F)c(OC)c1. The molecule has 0 fully saturated rings. The average Bonchev–Trinajstić information content (AvgIpc) is 2.61. The van der Waals surface area contributed by atoms with E-state index in [9.17, 15) is 30.4 Å². The van der Waals surface area contributed by atoms with Crippen molar-refractivity contribution in [3.8, 4) is 11.5 Å². The largest absolute Gasteiger partial charge is 0.497 e. The van der Waals surface area contributed by atoms with Crippen molar-refractivity contribution < 1.29 is 39.8 Å². The fourth-order valence-corrected chi connectivity index (χ4v) is 3.09. The zero-order valence-electron chi connectivity index (χ0n) is 12.7. The van der Waals surface area contributed by atoms with Gasteiger partial charge in [0.2, 0.25) is 5.82 Å². The van der Waals surface area contributed by atoms with Crippen LogP contribution in [0.4, 0.5) is 27.6 Å². The number of ether oxygens (including phenoxy) is 2. The summed E-state index contributed by atoms with van der Waals surface area (Å²) >= 11 is 0. The molecule has 0 radical (unpaired) electrons. The van der Waals surface area contributed by atoms with Gasteiger partial charge in [-0.05, 0) is 12.1 Å². The molecule has 0 saturated carbocycles. The van der Waals surface area contributed by atoms with Gasteiger partial charge in [-0.3, -0.25) is 4.72 Å². The van der Waals surface area contributed by atoms with E-state index in [0.717, 1.165) is 19.2 Å². The maximum atomic E-state index is 13.7. The van der Waals surface area contributed by atoms with Gasteiger partial charge in [0.25, 0.3) is 10.0 Å². The average molecular weight is 383 g/mol. The van der Waals surface area contributed by atoms with Crippen LogP contribution >= 0.6 is 0 Å². The third-order valence-corrected chi connectivity index (χ3v) is 4.50. The van der Waals surface area contributed by atoms with E-state index in [4.69, 9.17) is 9.47 Å². The van der Waals surface area contributed by atoms with Crippen LogP contribution in [0.5, 0.6) is 11.5 Å². The van der Waals surface area contributed by atoms with Crippen LogP contribution in [0.15, 0.2) is 23.1 Å². The number of nitrogens with one attached hydrogen (secondary N) is 1. The van der Waals surface area contributed by atoms with Gasteiger partial charge >= 0.3 is 0 Å². The van der Waals surface area contributed by atoms with Gasteiger partial charge in [0.15, 0.2) is 23.3 Å². The summed E-state index contributed by atoms with van der Waals surface area (Å²) in [5, 5.41) is 0. The molecule has 0 saturated heterocycles. The Morgan fingerprint density at radius 3 is 1.84 bits per heavy atom. The van der Waals surface area contributed by atoms with Crippen LogP contribution in [-0.4, -0.2) is 22.6 Å². The maximum absolute atomic E-state index is 13.7. The molecule has 1 N–H and O–H groups in total. The van der Waals surface area contributed by atoms with E-state index in [0.29, 0.717) is 0 Å². The molecule has 2 aromatic carbocycles. The molecule has 2 rings (SSSR count). The second-order valence-electron chi connectivity index (χ2n) is 4.57. The van der Waals surface area contributed by atoms with Crippen molar-refractivity contribution in [3.63, 3.8) is 0 Å². The lowest BCUT2D eigenvalue weighted by Crippen LogP contribution is -2.18. The molecule has 11 heteroatoms. The molecule has 0 atom stereocenters. The van der Waals surface area contributed by atoms with E-state index in [1.165, 1.54) is 17.9 Å². The topological polar surface area (TPSA) is 64.6 Å². The Kier molecular flexibility index (Phi) is 5.07. The fourth-order valence-electron chi connectivity index (χ4n) is 1.88. The number of anilines is 1. The van der Waals surface area contributed by atoms with E-state index >= 15 is 0 Å². The lowest BCUT2D eigenvalue weighted by molar-refractivity contribution is 0.381. The smallest absolute Gasteiger partial charge is 0.265 e. The van der Waals surface area contributed by atoms with Crippen LogP contribution in [0, 0.1) is 29.1 Å². The van der Waals surface area contributed by atoms with Crippen LogP contribution in [0.1, 0.15) is 0 Å². The van der Waals surface area contributed by atoms with Crippen LogP contribution < -0.4 is 14.2 Å². The number of halogens is 5. The summed E-state index contributed by atoms with van der Waals surface area (Å²) < 4.78 is 102. The molecule has 0 bridgehead atoms. The highest BCUT2D eigenvalue weighted by Gasteiger charge is 2.30. The van der Waals surface area contributed by atoms with Crippen LogP contribution in [0.25, 0.3) is 0 Å². The lowest BCUT2D eigenvalue weighted by atomic mass is 10.2. The minimum atomic E-state index is -4.74. The first-order valence-corrected chi connectivity index (χ1v) is 7.88. The Balaban J connectivity index is 2.58. The van der Waals surface area contributed by atoms with Crippen LogP contribution in [0.2, 0.25) is 0 Å². The third-order valence-electron chi connectivity index (χ3n) is 3.11. The minimum Gasteiger partial charge on any atom is -0.497 e. The number of rotatable bonds is 5. The minimum absolute atomic E-state index is 0.215. The lowest BCUT2D eigenvalue weighted by Gasteiger charge is -2.14. The van der Waals surface area contributed by atoms with E-state index in [-0.39, 0.29) is 11.5 Å². The van der Waals surface area contributed by atoms with Gasteiger partial charge in [-0.15, -0.1) is 0 Å². The molecule has 0 aliphatic heterocycles. The zero-order valence-corrected chi connectivity index (χ0v) is 13.5. The summed E-state index contributed by atoms with van der Waals surface area (Å²) in [4.78, 5) is -0.597. The molecule has 0 aliphatic carbocycles. The molecule has 0 unspecified atom stereocenters. The Labute approximate surface area is 139 Å². The van der Waals surface area contributed by atoms with E-state index in [1.807, 2.05) is 0 Å². The second kappa shape index (κ2) is 6.75. The second-order valence-corrected chi connectivity index (χ2v) is 6.22. The molecular formula is C14H10F5NO4S. The van der Waals surface area contributed by atoms with Gasteiger partial charge in [0.1, 0.15) is 22.1 Å². The van der Waals surface area contributed by atoms with Crippen molar-refractivity contribution >= 4 is 15.7 Å². The number of sulfonamides is 1. The quantitative estimate of drug-likeness (QED) is 0.489. The number of hydrogen-bond acceptors (Lipinski definition) is 4. The van der Waals surface area contributed by atoms with Crippen molar-refractivity contribution in [3.05, 3.63) is 47.3 Å². The molecule has 136 valence electrons. The number of methoxy groups -OCH3 is 2. The highest BCUT2D eigenvalue weighted by Crippen LogP contribution is 2.33. The van der Waals surface area contributed by atoms with Gasteiger partial charge in [-0.2, -0.15) is 0 Å². The van der Waals surface area contributed by atoms with Crippen molar-refractivity contribution in [1.82, 2.24) is 0 Å². The maximum Gasteiger partial charge on any atom is 0.265 e. The van der Waals surface area contributed by atoms with Crippen molar-refractivity contribution in [2.45, 2.75) is 4.90 Å². The molecule has 2 aromatic rings. The normalized spacial score (nSPS) is 11.3. The van der Waals surface area contributed by atoms with Crippen molar-refractivity contribution in [1.29, 1.82) is 0 Å². The summed E-state index contributed by atoms with van der Waals surface area (Å²) in [7, 11) is -2.32. The van der Waals surface area contributed by atoms with Gasteiger partial charge in [-0.25, -0.2) is 30.4 Å². The molecule has 0 spiro atoms. The van der Waals surface area contributed by atoms with E-state index < -0.39 is 49.7 Å². The Morgan fingerprint density at radius 2 is 1.36 bits per heavy atom. The molecular weight excluding hydrogens is 373 g/mol. The Bertz CT molecular complexity index is 904. The summed E-state index contributed by atoms with van der Waals surface area (Å²) in [6, 6.07) is 3.34. The van der Waals surface area contributed by atoms with Gasteiger partial charge in [0, 0.05) is 6.07 Å². The van der Waals surface area contributed by atoms with Crippen molar-refractivity contribution in [2.24, 2.45) is 0 Å². The Morgan fingerprint density at radius 1 is 0.840 bits per heavy atom.